The third-order valence-corrected chi connectivity index (χ3v) is 4.93. The molecule has 2 heterocycles. The Bertz CT molecular complexity index is 324. The summed E-state index contributed by atoms with van der Waals surface area (Å²) in [5.74, 6) is 2.19. The largest absolute Gasteiger partial charge is 0.469 e. The summed E-state index contributed by atoms with van der Waals surface area (Å²) in [6.07, 6.45) is 2.03. The van der Waals surface area contributed by atoms with E-state index < -0.39 is 0 Å². The molecule has 1 atom stereocenters. The van der Waals surface area contributed by atoms with Gasteiger partial charge in [0.05, 0.1) is 13.0 Å². The Balaban J connectivity index is 1.74. The summed E-state index contributed by atoms with van der Waals surface area (Å²) in [6, 6.07) is 0.310. The van der Waals surface area contributed by atoms with E-state index in [0.29, 0.717) is 25.6 Å². The highest BCUT2D eigenvalue weighted by molar-refractivity contribution is 7.99. The van der Waals surface area contributed by atoms with Gasteiger partial charge in [0, 0.05) is 43.6 Å². The van der Waals surface area contributed by atoms with Crippen LogP contribution in [-0.2, 0) is 14.3 Å². The molecule has 2 saturated heterocycles. The minimum atomic E-state index is -0.141. The molecule has 0 aromatic carbocycles. The predicted molar refractivity (Wildman–Crippen MR) is 75.1 cm³/mol. The van der Waals surface area contributed by atoms with Crippen LogP contribution in [0.2, 0.25) is 0 Å². The van der Waals surface area contributed by atoms with Crippen molar-refractivity contribution in [1.29, 1.82) is 0 Å². The number of amides is 1. The summed E-state index contributed by atoms with van der Waals surface area (Å²) < 4.78 is 4.75. The lowest BCUT2D eigenvalue weighted by Crippen LogP contribution is -2.45. The molecule has 0 aliphatic carbocycles. The first-order valence-corrected chi connectivity index (χ1v) is 8.03. The van der Waals surface area contributed by atoms with Gasteiger partial charge >= 0.3 is 5.97 Å². The first kappa shape index (κ1) is 14.7. The smallest absolute Gasteiger partial charge is 0.308 e. The molecule has 19 heavy (non-hydrogen) atoms. The molecule has 1 N–H and O–H groups in total. The lowest BCUT2D eigenvalue weighted by atomic mass is 9.96. The first-order chi connectivity index (χ1) is 9.20. The summed E-state index contributed by atoms with van der Waals surface area (Å²) >= 11 is 1.90. The van der Waals surface area contributed by atoms with Gasteiger partial charge in [0.2, 0.25) is 5.91 Å². The molecule has 108 valence electrons. The van der Waals surface area contributed by atoms with Gasteiger partial charge in [-0.05, 0) is 12.8 Å². The molecule has 0 aromatic rings. The third kappa shape index (κ3) is 4.11. The number of nitrogens with one attached hydrogen (secondary N) is 1. The van der Waals surface area contributed by atoms with Gasteiger partial charge in [-0.15, -0.1) is 0 Å². The summed E-state index contributed by atoms with van der Waals surface area (Å²) in [5, 5.41) is 3.38. The van der Waals surface area contributed by atoms with Crippen molar-refractivity contribution < 1.29 is 14.3 Å². The SMILES string of the molecule is COC(=O)C1CCN(C(=O)CC2CSCCN2)CC1. The number of nitrogens with zero attached hydrogens (tertiary/aromatic N) is 1. The van der Waals surface area contributed by atoms with E-state index in [0.717, 1.165) is 30.9 Å². The minimum Gasteiger partial charge on any atom is -0.469 e. The molecule has 0 spiro atoms. The summed E-state index contributed by atoms with van der Waals surface area (Å²) in [5.41, 5.74) is 0. The number of thioether (sulfide) groups is 1. The molecular weight excluding hydrogens is 264 g/mol. The van der Waals surface area contributed by atoms with Crippen LogP contribution in [0.15, 0.2) is 0 Å². The molecule has 2 aliphatic heterocycles. The maximum absolute atomic E-state index is 12.2. The van der Waals surface area contributed by atoms with Crippen LogP contribution in [-0.4, -0.2) is 61.1 Å². The van der Waals surface area contributed by atoms with Crippen molar-refractivity contribution in [3.8, 4) is 0 Å². The second kappa shape index (κ2) is 7.14. The van der Waals surface area contributed by atoms with Crippen LogP contribution in [0, 0.1) is 5.92 Å². The van der Waals surface area contributed by atoms with Crippen molar-refractivity contribution in [2.75, 3.05) is 38.2 Å². The van der Waals surface area contributed by atoms with Gasteiger partial charge in [0.25, 0.3) is 0 Å². The van der Waals surface area contributed by atoms with Crippen LogP contribution in [0.3, 0.4) is 0 Å². The fourth-order valence-corrected chi connectivity index (χ4v) is 3.57. The Morgan fingerprint density at radius 2 is 2.11 bits per heavy atom. The molecule has 2 fully saturated rings. The maximum Gasteiger partial charge on any atom is 0.308 e. The van der Waals surface area contributed by atoms with Crippen molar-refractivity contribution in [2.45, 2.75) is 25.3 Å². The lowest BCUT2D eigenvalue weighted by Gasteiger charge is -2.32. The number of hydrogen-bond donors (Lipinski definition) is 1. The van der Waals surface area contributed by atoms with E-state index in [1.165, 1.54) is 7.11 Å². The highest BCUT2D eigenvalue weighted by Gasteiger charge is 2.29. The van der Waals surface area contributed by atoms with Gasteiger partial charge in [0.15, 0.2) is 0 Å². The van der Waals surface area contributed by atoms with Crippen molar-refractivity contribution in [3.05, 3.63) is 0 Å². The van der Waals surface area contributed by atoms with Crippen LogP contribution >= 0.6 is 11.8 Å². The molecule has 1 amide bonds. The zero-order chi connectivity index (χ0) is 13.7. The molecule has 0 saturated carbocycles. The number of piperidine rings is 1. The van der Waals surface area contributed by atoms with Gasteiger partial charge in [-0.2, -0.15) is 11.8 Å². The number of likely N-dealkylation sites (tertiary alicyclic amines) is 1. The summed E-state index contributed by atoms with van der Waals surface area (Å²) in [6.45, 7) is 2.35. The zero-order valence-corrected chi connectivity index (χ0v) is 12.2. The first-order valence-electron chi connectivity index (χ1n) is 6.87. The van der Waals surface area contributed by atoms with Crippen molar-refractivity contribution >= 4 is 23.6 Å². The average Bonchev–Trinajstić information content (AvgIpc) is 2.47. The second-order valence-electron chi connectivity index (χ2n) is 5.11. The number of rotatable bonds is 3. The number of methoxy groups -OCH3 is 1. The average molecular weight is 286 g/mol. The Morgan fingerprint density at radius 3 is 2.68 bits per heavy atom. The zero-order valence-electron chi connectivity index (χ0n) is 11.4. The molecule has 2 aliphatic rings. The number of carbonyl (C=O) groups is 2. The lowest BCUT2D eigenvalue weighted by molar-refractivity contribution is -0.149. The predicted octanol–water partition coefficient (Wildman–Crippen LogP) is 0.493. The van der Waals surface area contributed by atoms with Crippen LogP contribution in [0.25, 0.3) is 0 Å². The molecule has 6 heteroatoms. The Hall–Kier alpha value is -0.750. The highest BCUT2D eigenvalue weighted by atomic mass is 32.2. The van der Waals surface area contributed by atoms with Crippen LogP contribution in [0.1, 0.15) is 19.3 Å². The van der Waals surface area contributed by atoms with Crippen molar-refractivity contribution in [2.24, 2.45) is 5.92 Å². The van der Waals surface area contributed by atoms with Gasteiger partial charge in [-0.1, -0.05) is 0 Å². The van der Waals surface area contributed by atoms with E-state index in [1.807, 2.05) is 16.7 Å². The molecule has 0 bridgehead atoms. The summed E-state index contributed by atoms with van der Waals surface area (Å²) in [7, 11) is 1.42. The van der Waals surface area contributed by atoms with Gasteiger partial charge in [-0.25, -0.2) is 0 Å². The molecule has 2 rings (SSSR count). The molecule has 0 radical (unpaired) electrons. The molecule has 1 unspecified atom stereocenters. The highest BCUT2D eigenvalue weighted by Crippen LogP contribution is 2.20. The van der Waals surface area contributed by atoms with Crippen molar-refractivity contribution in [3.63, 3.8) is 0 Å². The number of ether oxygens (including phenoxy) is 1. The summed E-state index contributed by atoms with van der Waals surface area (Å²) in [4.78, 5) is 25.5. The van der Waals surface area contributed by atoms with Gasteiger partial charge in [-0.3, -0.25) is 9.59 Å². The quantitative estimate of drug-likeness (QED) is 0.765. The van der Waals surface area contributed by atoms with Crippen molar-refractivity contribution in [1.82, 2.24) is 10.2 Å². The Morgan fingerprint density at radius 1 is 1.37 bits per heavy atom. The van der Waals surface area contributed by atoms with E-state index in [1.54, 1.807) is 0 Å². The molecular formula is C13H22N2O3S. The maximum atomic E-state index is 12.2. The van der Waals surface area contributed by atoms with E-state index in [2.05, 4.69) is 5.32 Å². The molecule has 5 nitrogen and oxygen atoms in total. The fraction of sp³-hybridized carbons (Fsp3) is 0.846. The minimum absolute atomic E-state index is 0.0302. The third-order valence-electron chi connectivity index (χ3n) is 3.80. The van der Waals surface area contributed by atoms with Gasteiger partial charge in [0.1, 0.15) is 0 Å². The van der Waals surface area contributed by atoms with E-state index in [9.17, 15) is 9.59 Å². The Kier molecular flexibility index (Phi) is 5.51. The topological polar surface area (TPSA) is 58.6 Å². The van der Waals surface area contributed by atoms with Crippen LogP contribution < -0.4 is 5.32 Å². The number of esters is 1. The number of carbonyl (C=O) groups excluding carboxylic acids is 2. The van der Waals surface area contributed by atoms with E-state index in [-0.39, 0.29) is 17.8 Å². The van der Waals surface area contributed by atoms with E-state index >= 15 is 0 Å². The normalized spacial score (nSPS) is 25.1. The standard InChI is InChI=1S/C13H22N2O3S/c1-18-13(17)10-2-5-15(6-3-10)12(16)8-11-9-19-7-4-14-11/h10-11,14H,2-9H2,1H3. The fourth-order valence-electron chi connectivity index (χ4n) is 2.62. The van der Waals surface area contributed by atoms with Crippen LogP contribution in [0.5, 0.6) is 0 Å². The molecule has 0 aromatic heterocycles. The van der Waals surface area contributed by atoms with E-state index in [4.69, 9.17) is 4.74 Å². The van der Waals surface area contributed by atoms with Gasteiger partial charge < -0.3 is 15.0 Å². The van der Waals surface area contributed by atoms with Crippen LogP contribution in [0.4, 0.5) is 0 Å². The second-order valence-corrected chi connectivity index (χ2v) is 6.26. The monoisotopic (exact) mass is 286 g/mol. The Labute approximate surface area is 118 Å². The number of hydrogen-bond acceptors (Lipinski definition) is 5.